The second kappa shape index (κ2) is 2.92. The van der Waals surface area contributed by atoms with Crippen LogP contribution in [0.4, 0.5) is 0 Å². The molecular formula is C5H5Br2N3. The molecule has 0 fully saturated rings. The van der Waals surface area contributed by atoms with Gasteiger partial charge in [-0.2, -0.15) is 0 Å². The van der Waals surface area contributed by atoms with Gasteiger partial charge in [-0.1, -0.05) is 31.9 Å². The molecule has 0 atom stereocenters. The summed E-state index contributed by atoms with van der Waals surface area (Å²) >= 11 is 6.75. The smallest absolute Gasteiger partial charge is 0.121 e. The van der Waals surface area contributed by atoms with Crippen LogP contribution in [-0.4, -0.2) is 15.4 Å². The number of alkyl halides is 2. The summed E-state index contributed by atoms with van der Waals surface area (Å²) in [5.41, 5.74) is 0.808. The van der Waals surface area contributed by atoms with Crippen LogP contribution in [0, 0.1) is 0 Å². The molecule has 0 amide bonds. The number of hydrogen-bond acceptors (Lipinski definition) is 3. The zero-order chi connectivity index (χ0) is 7.61. The maximum atomic E-state index is 3.80. The van der Waals surface area contributed by atoms with Crippen LogP contribution in [0.5, 0.6) is 0 Å². The largest absolute Gasteiger partial charge is 0.139 e. The topological polar surface area (TPSA) is 38.7 Å². The number of hydrogen-bond donors (Lipinski definition) is 0. The lowest BCUT2D eigenvalue weighted by atomic mass is 10.3. The zero-order valence-electron chi connectivity index (χ0n) is 5.25. The first-order chi connectivity index (χ1) is 4.61. The highest BCUT2D eigenvalue weighted by Crippen LogP contribution is 2.34. The van der Waals surface area contributed by atoms with Gasteiger partial charge in [0.05, 0.1) is 11.9 Å². The van der Waals surface area contributed by atoms with Crippen molar-refractivity contribution in [2.45, 2.75) is 10.2 Å². The van der Waals surface area contributed by atoms with Crippen molar-refractivity contribution in [2.75, 3.05) is 0 Å². The molecule has 0 saturated heterocycles. The van der Waals surface area contributed by atoms with Crippen LogP contribution in [0.15, 0.2) is 12.3 Å². The van der Waals surface area contributed by atoms with E-state index < -0.39 is 0 Å². The summed E-state index contributed by atoms with van der Waals surface area (Å²) < 4.78 is -0.296. The third-order valence-electron chi connectivity index (χ3n) is 0.953. The molecule has 0 aliphatic rings. The Hall–Kier alpha value is -0.0300. The molecule has 10 heavy (non-hydrogen) atoms. The van der Waals surface area contributed by atoms with Gasteiger partial charge in [0.15, 0.2) is 0 Å². The van der Waals surface area contributed by atoms with Crippen LogP contribution in [0.25, 0.3) is 0 Å². The minimum absolute atomic E-state index is 0.296. The maximum absolute atomic E-state index is 3.80. The third kappa shape index (κ3) is 1.98. The van der Waals surface area contributed by atoms with E-state index in [9.17, 15) is 0 Å². The third-order valence-corrected chi connectivity index (χ3v) is 1.77. The van der Waals surface area contributed by atoms with E-state index in [1.54, 1.807) is 12.3 Å². The average Bonchev–Trinajstić information content (AvgIpc) is 1.88. The molecule has 0 spiro atoms. The van der Waals surface area contributed by atoms with Crippen LogP contribution in [-0.2, 0) is 3.23 Å². The predicted octanol–water partition coefficient (Wildman–Crippen LogP) is 1.83. The molecule has 0 radical (unpaired) electrons. The first-order valence-electron chi connectivity index (χ1n) is 2.63. The SMILES string of the molecule is CC(Br)(Br)c1ccnnn1. The van der Waals surface area contributed by atoms with Crippen molar-refractivity contribution in [1.29, 1.82) is 0 Å². The molecule has 1 aromatic heterocycles. The Labute approximate surface area is 75.5 Å². The van der Waals surface area contributed by atoms with Gasteiger partial charge in [-0.25, -0.2) is 0 Å². The lowest BCUT2D eigenvalue weighted by Gasteiger charge is -2.10. The maximum Gasteiger partial charge on any atom is 0.121 e. The quantitative estimate of drug-likeness (QED) is 0.728. The predicted molar refractivity (Wildman–Crippen MR) is 45.0 cm³/mol. The zero-order valence-corrected chi connectivity index (χ0v) is 8.42. The van der Waals surface area contributed by atoms with Crippen molar-refractivity contribution >= 4 is 31.9 Å². The van der Waals surface area contributed by atoms with Crippen LogP contribution < -0.4 is 0 Å². The average molecular weight is 267 g/mol. The van der Waals surface area contributed by atoms with Crippen molar-refractivity contribution in [2.24, 2.45) is 0 Å². The van der Waals surface area contributed by atoms with E-state index in [0.717, 1.165) is 5.69 Å². The van der Waals surface area contributed by atoms with Crippen molar-refractivity contribution in [1.82, 2.24) is 15.4 Å². The van der Waals surface area contributed by atoms with E-state index in [2.05, 4.69) is 47.3 Å². The summed E-state index contributed by atoms with van der Waals surface area (Å²) in [5.74, 6) is 0. The Kier molecular flexibility index (Phi) is 2.36. The van der Waals surface area contributed by atoms with Gasteiger partial charge in [-0.15, -0.1) is 10.2 Å². The van der Waals surface area contributed by atoms with Crippen molar-refractivity contribution in [3.8, 4) is 0 Å². The normalized spacial score (nSPS) is 11.5. The molecule has 0 aliphatic heterocycles. The fourth-order valence-corrected chi connectivity index (χ4v) is 0.898. The van der Waals surface area contributed by atoms with E-state index in [4.69, 9.17) is 0 Å². The van der Waals surface area contributed by atoms with Gasteiger partial charge in [0.25, 0.3) is 0 Å². The molecule has 1 heterocycles. The lowest BCUT2D eigenvalue weighted by Crippen LogP contribution is -2.06. The van der Waals surface area contributed by atoms with Crippen molar-refractivity contribution in [3.63, 3.8) is 0 Å². The van der Waals surface area contributed by atoms with Gasteiger partial charge in [-0.3, -0.25) is 0 Å². The van der Waals surface area contributed by atoms with Crippen LogP contribution in [0.2, 0.25) is 0 Å². The van der Waals surface area contributed by atoms with Crippen LogP contribution in [0.1, 0.15) is 12.6 Å². The van der Waals surface area contributed by atoms with Gasteiger partial charge in [0, 0.05) is 0 Å². The molecule has 0 aromatic carbocycles. The molecule has 0 saturated carbocycles. The molecule has 3 nitrogen and oxygen atoms in total. The van der Waals surface area contributed by atoms with Crippen molar-refractivity contribution < 1.29 is 0 Å². The van der Waals surface area contributed by atoms with Crippen molar-refractivity contribution in [3.05, 3.63) is 18.0 Å². The number of aromatic nitrogens is 3. The molecule has 1 aromatic rings. The second-order valence-corrected chi connectivity index (χ2v) is 6.13. The number of nitrogens with zero attached hydrogens (tertiary/aromatic N) is 3. The molecule has 0 unspecified atom stereocenters. The van der Waals surface area contributed by atoms with Gasteiger partial charge < -0.3 is 0 Å². The standard InChI is InChI=1S/C5H5Br2N3/c1-5(6,7)4-2-3-8-10-9-4/h2-3H,1H3. The molecular weight excluding hydrogens is 262 g/mol. The lowest BCUT2D eigenvalue weighted by molar-refractivity contribution is 0.798. The summed E-state index contributed by atoms with van der Waals surface area (Å²) in [6.45, 7) is 1.93. The Morgan fingerprint density at radius 1 is 1.50 bits per heavy atom. The number of halogens is 2. The fourth-order valence-electron chi connectivity index (χ4n) is 0.475. The fraction of sp³-hybridized carbons (Fsp3) is 0.400. The minimum atomic E-state index is -0.296. The Balaban J connectivity index is 2.97. The molecule has 0 aliphatic carbocycles. The highest BCUT2D eigenvalue weighted by molar-refractivity contribution is 9.24. The first kappa shape index (κ1) is 8.07. The Bertz CT molecular complexity index is 206. The van der Waals surface area contributed by atoms with E-state index in [1.165, 1.54) is 0 Å². The monoisotopic (exact) mass is 265 g/mol. The molecule has 1 rings (SSSR count). The summed E-state index contributed by atoms with van der Waals surface area (Å²) in [5, 5.41) is 10.8. The van der Waals surface area contributed by atoms with Gasteiger partial charge in [-0.05, 0) is 18.2 Å². The van der Waals surface area contributed by atoms with E-state index in [0.29, 0.717) is 0 Å². The van der Waals surface area contributed by atoms with Gasteiger partial charge in [0.2, 0.25) is 0 Å². The summed E-state index contributed by atoms with van der Waals surface area (Å²) in [6.07, 6.45) is 1.60. The summed E-state index contributed by atoms with van der Waals surface area (Å²) in [7, 11) is 0. The molecule has 54 valence electrons. The van der Waals surface area contributed by atoms with Gasteiger partial charge >= 0.3 is 0 Å². The van der Waals surface area contributed by atoms with E-state index in [1.807, 2.05) is 6.92 Å². The number of rotatable bonds is 1. The highest BCUT2D eigenvalue weighted by Gasteiger charge is 2.19. The summed E-state index contributed by atoms with van der Waals surface area (Å²) in [6, 6.07) is 1.79. The molecule has 0 N–H and O–H groups in total. The highest BCUT2D eigenvalue weighted by atomic mass is 79.9. The second-order valence-electron chi connectivity index (χ2n) is 1.89. The first-order valence-corrected chi connectivity index (χ1v) is 4.22. The van der Waals surface area contributed by atoms with Crippen LogP contribution >= 0.6 is 31.9 Å². The van der Waals surface area contributed by atoms with E-state index in [-0.39, 0.29) is 3.23 Å². The Morgan fingerprint density at radius 2 is 2.20 bits per heavy atom. The summed E-state index contributed by atoms with van der Waals surface area (Å²) in [4.78, 5) is 0. The minimum Gasteiger partial charge on any atom is -0.139 e. The molecule has 5 heteroatoms. The Morgan fingerprint density at radius 3 is 2.50 bits per heavy atom. The van der Waals surface area contributed by atoms with E-state index >= 15 is 0 Å². The molecule has 0 bridgehead atoms. The van der Waals surface area contributed by atoms with Crippen LogP contribution in [0.3, 0.4) is 0 Å². The van der Waals surface area contributed by atoms with Gasteiger partial charge in [0.1, 0.15) is 3.23 Å².